The van der Waals surface area contributed by atoms with E-state index in [-0.39, 0.29) is 30.3 Å². The van der Waals surface area contributed by atoms with Crippen molar-refractivity contribution in [1.82, 2.24) is 4.90 Å². The Balaban J connectivity index is 1.57. The van der Waals surface area contributed by atoms with Gasteiger partial charge in [-0.1, -0.05) is 23.8 Å². The lowest BCUT2D eigenvalue weighted by Gasteiger charge is -2.44. The summed E-state index contributed by atoms with van der Waals surface area (Å²) in [7, 11) is 0. The lowest BCUT2D eigenvalue weighted by molar-refractivity contribution is 0.0494. The Kier molecular flexibility index (Phi) is 4.09. The van der Waals surface area contributed by atoms with Gasteiger partial charge in [0.15, 0.2) is 11.8 Å². The van der Waals surface area contributed by atoms with Crippen molar-refractivity contribution in [2.24, 2.45) is 10.7 Å². The third-order valence-corrected chi connectivity index (χ3v) is 5.19. The minimum absolute atomic E-state index is 0.0252. The summed E-state index contributed by atoms with van der Waals surface area (Å²) in [5.74, 6) is -0.743. The largest absolute Gasteiger partial charge is 0.383 e. The van der Waals surface area contributed by atoms with Crippen molar-refractivity contribution in [3.63, 3.8) is 0 Å². The first-order valence-corrected chi connectivity index (χ1v) is 8.82. The second-order valence-corrected chi connectivity index (χ2v) is 7.04. The minimum Gasteiger partial charge on any atom is -0.383 e. The number of hydrogen-bond donors (Lipinski definition) is 2. The summed E-state index contributed by atoms with van der Waals surface area (Å²) in [6, 6.07) is 11.7. The van der Waals surface area contributed by atoms with Crippen LogP contribution in [0.15, 0.2) is 47.5 Å². The molecule has 2 aliphatic heterocycles. The van der Waals surface area contributed by atoms with Gasteiger partial charge in [0.25, 0.3) is 5.91 Å². The maximum absolute atomic E-state index is 15.2. The summed E-state index contributed by atoms with van der Waals surface area (Å²) in [5, 5.41) is 3.02. The number of amidine groups is 1. The van der Waals surface area contributed by atoms with E-state index in [9.17, 15) is 9.18 Å². The fraction of sp³-hybridized carbons (Fsp3) is 0.300. The van der Waals surface area contributed by atoms with Gasteiger partial charge in [0.05, 0.1) is 12.1 Å². The standard InChI is InChI=1S/C20H20F2N4O/c1-12-5-7-13(8-6-12)19(27)26-10-9-20(16(22)11-26)24-15-4-2-3-14(21)17(15)18(23)25-20/h2-8,16,24H,9-11H2,1H3,(H2,23,25)/t16-,20-/m0/s1. The van der Waals surface area contributed by atoms with E-state index in [2.05, 4.69) is 10.3 Å². The number of nitrogens with one attached hydrogen (secondary N) is 1. The number of aryl methyl sites for hydroxylation is 1. The second-order valence-electron chi connectivity index (χ2n) is 7.04. The van der Waals surface area contributed by atoms with Crippen molar-refractivity contribution in [2.45, 2.75) is 25.2 Å². The fourth-order valence-corrected chi connectivity index (χ4v) is 3.65. The Labute approximate surface area is 155 Å². The number of halogens is 2. The molecule has 2 atom stereocenters. The van der Waals surface area contributed by atoms with Crippen LogP contribution in [-0.2, 0) is 0 Å². The van der Waals surface area contributed by atoms with Crippen molar-refractivity contribution in [2.75, 3.05) is 18.4 Å². The van der Waals surface area contributed by atoms with Crippen LogP contribution in [0.4, 0.5) is 14.5 Å². The molecule has 0 aliphatic carbocycles. The van der Waals surface area contributed by atoms with E-state index in [1.54, 1.807) is 18.2 Å². The average molecular weight is 370 g/mol. The highest BCUT2D eigenvalue weighted by molar-refractivity contribution is 6.04. The van der Waals surface area contributed by atoms with Gasteiger partial charge in [-0.2, -0.15) is 0 Å². The van der Waals surface area contributed by atoms with Gasteiger partial charge in [-0.15, -0.1) is 0 Å². The van der Waals surface area contributed by atoms with Crippen LogP contribution in [0.2, 0.25) is 0 Å². The molecule has 1 fully saturated rings. The van der Waals surface area contributed by atoms with Crippen LogP contribution in [0.1, 0.15) is 27.9 Å². The molecule has 1 amide bonds. The molecule has 140 valence electrons. The van der Waals surface area contributed by atoms with E-state index in [1.165, 1.54) is 17.0 Å². The smallest absolute Gasteiger partial charge is 0.253 e. The molecular weight excluding hydrogens is 350 g/mol. The maximum atomic E-state index is 15.2. The first-order valence-electron chi connectivity index (χ1n) is 8.82. The number of likely N-dealkylation sites (tertiary alicyclic amines) is 1. The number of carbonyl (C=O) groups is 1. The summed E-state index contributed by atoms with van der Waals surface area (Å²) < 4.78 is 29.2. The number of benzene rings is 2. The number of aliphatic imine (C=N–C) groups is 1. The normalized spacial score (nSPS) is 24.2. The van der Waals surface area contributed by atoms with Crippen molar-refractivity contribution in [3.8, 4) is 0 Å². The van der Waals surface area contributed by atoms with Crippen LogP contribution in [0.25, 0.3) is 0 Å². The molecular formula is C20H20F2N4O. The minimum atomic E-state index is -1.48. The summed E-state index contributed by atoms with van der Waals surface area (Å²) in [6.07, 6.45) is -1.24. The third-order valence-electron chi connectivity index (χ3n) is 5.19. The topological polar surface area (TPSA) is 70.7 Å². The molecule has 4 rings (SSSR count). The van der Waals surface area contributed by atoms with Gasteiger partial charge in [-0.25, -0.2) is 13.8 Å². The molecule has 5 nitrogen and oxygen atoms in total. The van der Waals surface area contributed by atoms with E-state index in [0.717, 1.165) is 5.56 Å². The van der Waals surface area contributed by atoms with Crippen LogP contribution in [0.3, 0.4) is 0 Å². The Morgan fingerprint density at radius 1 is 1.30 bits per heavy atom. The van der Waals surface area contributed by atoms with Crippen molar-refractivity contribution in [3.05, 3.63) is 65.0 Å². The van der Waals surface area contributed by atoms with Gasteiger partial charge in [0, 0.05) is 24.2 Å². The monoisotopic (exact) mass is 370 g/mol. The third kappa shape index (κ3) is 2.93. The SMILES string of the molecule is Cc1ccc(C(=O)N2CC[C@]3(N=C(N)c4c(F)cccc4N3)[C@@H](F)C2)cc1. The molecule has 1 spiro atoms. The van der Waals surface area contributed by atoms with E-state index in [1.807, 2.05) is 19.1 Å². The number of alkyl halides is 1. The molecule has 2 aliphatic rings. The maximum Gasteiger partial charge on any atom is 0.253 e. The summed E-state index contributed by atoms with van der Waals surface area (Å²) in [5.41, 5.74) is 6.81. The molecule has 2 aromatic rings. The summed E-state index contributed by atoms with van der Waals surface area (Å²) >= 11 is 0. The number of fused-ring (bicyclic) bond motifs is 1. The number of amides is 1. The zero-order valence-corrected chi connectivity index (χ0v) is 14.9. The van der Waals surface area contributed by atoms with E-state index in [0.29, 0.717) is 17.8 Å². The molecule has 0 aromatic heterocycles. The van der Waals surface area contributed by atoms with Crippen molar-refractivity contribution < 1.29 is 13.6 Å². The number of rotatable bonds is 1. The van der Waals surface area contributed by atoms with Crippen LogP contribution in [0, 0.1) is 12.7 Å². The summed E-state index contributed by atoms with van der Waals surface area (Å²) in [6.45, 7) is 2.15. The van der Waals surface area contributed by atoms with Gasteiger partial charge in [-0.05, 0) is 31.2 Å². The van der Waals surface area contributed by atoms with E-state index >= 15 is 4.39 Å². The number of nitrogens with two attached hydrogens (primary N) is 1. The predicted molar refractivity (Wildman–Crippen MR) is 100 cm³/mol. The van der Waals surface area contributed by atoms with Crippen LogP contribution >= 0.6 is 0 Å². The number of piperidine rings is 1. The van der Waals surface area contributed by atoms with Gasteiger partial charge < -0.3 is 16.0 Å². The first kappa shape index (κ1) is 17.5. The molecule has 27 heavy (non-hydrogen) atoms. The zero-order chi connectivity index (χ0) is 19.2. The quantitative estimate of drug-likeness (QED) is 0.811. The van der Waals surface area contributed by atoms with Gasteiger partial charge in [0.2, 0.25) is 0 Å². The highest BCUT2D eigenvalue weighted by atomic mass is 19.1. The predicted octanol–water partition coefficient (Wildman–Crippen LogP) is 2.85. The second kappa shape index (κ2) is 6.33. The molecule has 3 N–H and O–H groups in total. The molecule has 0 saturated carbocycles. The molecule has 0 bridgehead atoms. The first-order chi connectivity index (χ1) is 12.9. The summed E-state index contributed by atoms with van der Waals surface area (Å²) in [4.78, 5) is 18.4. The van der Waals surface area contributed by atoms with Crippen molar-refractivity contribution in [1.29, 1.82) is 0 Å². The highest BCUT2D eigenvalue weighted by Crippen LogP contribution is 2.36. The van der Waals surface area contributed by atoms with Gasteiger partial charge in [-0.3, -0.25) is 4.79 Å². The van der Waals surface area contributed by atoms with E-state index in [4.69, 9.17) is 5.73 Å². The lowest BCUT2D eigenvalue weighted by Crippen LogP contribution is -2.59. The Hall–Kier alpha value is -2.96. The number of nitrogens with zero attached hydrogens (tertiary/aromatic N) is 2. The number of hydrogen-bond acceptors (Lipinski definition) is 4. The molecule has 0 unspecified atom stereocenters. The van der Waals surface area contributed by atoms with Crippen LogP contribution < -0.4 is 11.1 Å². The zero-order valence-electron chi connectivity index (χ0n) is 14.9. The van der Waals surface area contributed by atoms with Crippen molar-refractivity contribution >= 4 is 17.4 Å². The molecule has 7 heteroatoms. The van der Waals surface area contributed by atoms with Crippen LogP contribution in [-0.4, -0.2) is 41.6 Å². The highest BCUT2D eigenvalue weighted by Gasteiger charge is 2.47. The molecule has 2 heterocycles. The van der Waals surface area contributed by atoms with Gasteiger partial charge >= 0.3 is 0 Å². The molecule has 0 radical (unpaired) electrons. The Morgan fingerprint density at radius 2 is 2.04 bits per heavy atom. The van der Waals surface area contributed by atoms with Crippen LogP contribution in [0.5, 0.6) is 0 Å². The molecule has 1 saturated heterocycles. The number of carbonyl (C=O) groups excluding carboxylic acids is 1. The lowest BCUT2D eigenvalue weighted by atomic mass is 9.91. The Bertz CT molecular complexity index is 928. The number of anilines is 1. The Morgan fingerprint density at radius 3 is 2.74 bits per heavy atom. The van der Waals surface area contributed by atoms with E-state index < -0.39 is 17.7 Å². The average Bonchev–Trinajstić information content (AvgIpc) is 2.64. The molecule has 2 aromatic carbocycles. The van der Waals surface area contributed by atoms with Gasteiger partial charge in [0.1, 0.15) is 11.7 Å². The fourth-order valence-electron chi connectivity index (χ4n) is 3.65.